The Hall–Kier alpha value is -0.650. The molecular weight excluding hydrogens is 222 g/mol. The van der Waals surface area contributed by atoms with E-state index >= 15 is 0 Å². The summed E-state index contributed by atoms with van der Waals surface area (Å²) in [6.45, 7) is 4.12. The fraction of sp³-hybridized carbons (Fsp3) is 0.917. The van der Waals surface area contributed by atoms with Crippen molar-refractivity contribution in [3.8, 4) is 0 Å². The fourth-order valence-electron chi connectivity index (χ4n) is 2.19. The molecule has 0 spiro atoms. The molecule has 0 aromatic rings. The Morgan fingerprint density at radius 3 is 2.94 bits per heavy atom. The quantitative estimate of drug-likeness (QED) is 0.687. The van der Waals surface area contributed by atoms with Gasteiger partial charge in [0.1, 0.15) is 6.04 Å². The van der Waals surface area contributed by atoms with Crippen molar-refractivity contribution in [2.75, 3.05) is 33.4 Å². The maximum atomic E-state index is 11.6. The number of rotatable bonds is 6. The Labute approximate surface area is 103 Å². The standard InChI is InChI=1S/C12H23NO4/c1-3-17-9-10(14)8-13-7-5-4-6-11(13)12(15)16-2/h10-11,14H,3-9H2,1-2H3/t10?,11-/m1/s1. The van der Waals surface area contributed by atoms with Crippen molar-refractivity contribution in [2.45, 2.75) is 38.3 Å². The predicted molar refractivity (Wildman–Crippen MR) is 63.7 cm³/mol. The molecule has 0 radical (unpaired) electrons. The van der Waals surface area contributed by atoms with E-state index in [0.29, 0.717) is 19.8 Å². The molecule has 0 aromatic heterocycles. The van der Waals surface area contributed by atoms with Gasteiger partial charge in [0.25, 0.3) is 0 Å². The van der Waals surface area contributed by atoms with Gasteiger partial charge in [-0.3, -0.25) is 9.69 Å². The Morgan fingerprint density at radius 1 is 1.53 bits per heavy atom. The molecule has 1 N–H and O–H groups in total. The van der Waals surface area contributed by atoms with E-state index < -0.39 is 6.10 Å². The summed E-state index contributed by atoms with van der Waals surface area (Å²) in [5.41, 5.74) is 0. The third kappa shape index (κ3) is 4.61. The smallest absolute Gasteiger partial charge is 0.323 e. The van der Waals surface area contributed by atoms with Crippen molar-refractivity contribution < 1.29 is 19.4 Å². The molecule has 0 aromatic carbocycles. The van der Waals surface area contributed by atoms with E-state index in [2.05, 4.69) is 0 Å². The molecule has 5 heteroatoms. The van der Waals surface area contributed by atoms with Crippen molar-refractivity contribution >= 4 is 5.97 Å². The first kappa shape index (κ1) is 14.4. The van der Waals surface area contributed by atoms with Gasteiger partial charge in [0.05, 0.1) is 19.8 Å². The molecule has 0 amide bonds. The summed E-state index contributed by atoms with van der Waals surface area (Å²) >= 11 is 0. The van der Waals surface area contributed by atoms with Crippen LogP contribution in [0.25, 0.3) is 0 Å². The highest BCUT2D eigenvalue weighted by molar-refractivity contribution is 5.75. The van der Waals surface area contributed by atoms with Gasteiger partial charge in [-0.2, -0.15) is 0 Å². The summed E-state index contributed by atoms with van der Waals surface area (Å²) < 4.78 is 9.96. The summed E-state index contributed by atoms with van der Waals surface area (Å²) in [6, 6.07) is -0.204. The van der Waals surface area contributed by atoms with Gasteiger partial charge in [-0.15, -0.1) is 0 Å². The first-order valence-electron chi connectivity index (χ1n) is 6.26. The lowest BCUT2D eigenvalue weighted by Gasteiger charge is -2.34. The normalized spacial score (nSPS) is 23.4. The van der Waals surface area contributed by atoms with Crippen LogP contribution in [0, 0.1) is 0 Å². The zero-order valence-electron chi connectivity index (χ0n) is 10.7. The van der Waals surface area contributed by atoms with E-state index in [9.17, 15) is 9.90 Å². The second-order valence-corrected chi connectivity index (χ2v) is 4.34. The number of esters is 1. The molecule has 1 aliphatic rings. The zero-order chi connectivity index (χ0) is 12.7. The van der Waals surface area contributed by atoms with Gasteiger partial charge in [-0.05, 0) is 26.3 Å². The van der Waals surface area contributed by atoms with Crippen LogP contribution < -0.4 is 0 Å². The van der Waals surface area contributed by atoms with E-state index in [1.165, 1.54) is 7.11 Å². The van der Waals surface area contributed by atoms with Gasteiger partial charge in [-0.1, -0.05) is 6.42 Å². The lowest BCUT2D eigenvalue weighted by Crippen LogP contribution is -2.48. The van der Waals surface area contributed by atoms with Crippen LogP contribution in [0.3, 0.4) is 0 Å². The molecular formula is C12H23NO4. The predicted octanol–water partition coefficient (Wildman–Crippen LogP) is 0.411. The van der Waals surface area contributed by atoms with E-state index in [4.69, 9.17) is 9.47 Å². The zero-order valence-corrected chi connectivity index (χ0v) is 10.7. The molecule has 0 bridgehead atoms. The number of carbonyl (C=O) groups is 1. The highest BCUT2D eigenvalue weighted by atomic mass is 16.5. The molecule has 1 rings (SSSR count). The molecule has 1 unspecified atom stereocenters. The van der Waals surface area contributed by atoms with E-state index in [0.717, 1.165) is 25.8 Å². The number of likely N-dealkylation sites (tertiary alicyclic amines) is 1. The van der Waals surface area contributed by atoms with Crippen LogP contribution in [0.15, 0.2) is 0 Å². The van der Waals surface area contributed by atoms with Crippen molar-refractivity contribution in [1.29, 1.82) is 0 Å². The van der Waals surface area contributed by atoms with Gasteiger partial charge in [-0.25, -0.2) is 0 Å². The minimum absolute atomic E-state index is 0.201. The van der Waals surface area contributed by atoms with Gasteiger partial charge in [0.15, 0.2) is 0 Å². The molecule has 1 heterocycles. The highest BCUT2D eigenvalue weighted by Crippen LogP contribution is 2.18. The molecule has 0 aliphatic carbocycles. The van der Waals surface area contributed by atoms with Gasteiger partial charge in [0.2, 0.25) is 0 Å². The number of piperidine rings is 1. The van der Waals surface area contributed by atoms with Gasteiger partial charge >= 0.3 is 5.97 Å². The summed E-state index contributed by atoms with van der Waals surface area (Å²) in [6.07, 6.45) is 2.38. The number of hydrogen-bond acceptors (Lipinski definition) is 5. The summed E-state index contributed by atoms with van der Waals surface area (Å²) in [4.78, 5) is 13.6. The Balaban J connectivity index is 2.44. The average Bonchev–Trinajstić information content (AvgIpc) is 2.36. The number of aliphatic hydroxyl groups is 1. The number of ether oxygens (including phenoxy) is 2. The van der Waals surface area contributed by atoms with Crippen LogP contribution in [-0.2, 0) is 14.3 Å². The minimum atomic E-state index is -0.541. The van der Waals surface area contributed by atoms with Crippen molar-refractivity contribution in [3.05, 3.63) is 0 Å². The molecule has 1 saturated heterocycles. The number of carbonyl (C=O) groups excluding carboxylic acids is 1. The Morgan fingerprint density at radius 2 is 2.29 bits per heavy atom. The molecule has 5 nitrogen and oxygen atoms in total. The van der Waals surface area contributed by atoms with Crippen LogP contribution in [0.4, 0.5) is 0 Å². The molecule has 17 heavy (non-hydrogen) atoms. The molecule has 1 fully saturated rings. The van der Waals surface area contributed by atoms with Crippen LogP contribution in [0.2, 0.25) is 0 Å². The monoisotopic (exact) mass is 245 g/mol. The SMILES string of the molecule is CCOCC(O)CN1CCCC[C@@H]1C(=O)OC. The highest BCUT2D eigenvalue weighted by Gasteiger charge is 2.30. The van der Waals surface area contributed by atoms with E-state index in [-0.39, 0.29) is 12.0 Å². The maximum absolute atomic E-state index is 11.6. The fourth-order valence-corrected chi connectivity index (χ4v) is 2.19. The van der Waals surface area contributed by atoms with Gasteiger partial charge < -0.3 is 14.6 Å². The third-order valence-corrected chi connectivity index (χ3v) is 3.05. The maximum Gasteiger partial charge on any atom is 0.323 e. The molecule has 2 atom stereocenters. The largest absolute Gasteiger partial charge is 0.468 e. The average molecular weight is 245 g/mol. The number of aliphatic hydroxyl groups excluding tert-OH is 1. The number of methoxy groups -OCH3 is 1. The van der Waals surface area contributed by atoms with Crippen molar-refractivity contribution in [3.63, 3.8) is 0 Å². The topological polar surface area (TPSA) is 59.0 Å². The number of nitrogens with zero attached hydrogens (tertiary/aromatic N) is 1. The van der Waals surface area contributed by atoms with Gasteiger partial charge in [0, 0.05) is 13.2 Å². The number of β-amino-alcohol motifs (C(OH)–C–C–N with tert-alkyl or cyclic N) is 1. The molecule has 100 valence electrons. The van der Waals surface area contributed by atoms with Crippen LogP contribution in [0.5, 0.6) is 0 Å². The second-order valence-electron chi connectivity index (χ2n) is 4.34. The van der Waals surface area contributed by atoms with E-state index in [1.54, 1.807) is 0 Å². The second kappa shape index (κ2) is 7.63. The van der Waals surface area contributed by atoms with Crippen LogP contribution in [0.1, 0.15) is 26.2 Å². The molecule has 0 saturated carbocycles. The lowest BCUT2D eigenvalue weighted by molar-refractivity contribution is -0.149. The summed E-state index contributed by atoms with van der Waals surface area (Å²) in [5.74, 6) is -0.201. The Kier molecular flexibility index (Phi) is 6.47. The summed E-state index contributed by atoms with van der Waals surface area (Å²) in [7, 11) is 1.41. The van der Waals surface area contributed by atoms with Crippen LogP contribution in [-0.4, -0.2) is 61.5 Å². The molecule has 1 aliphatic heterocycles. The first-order chi connectivity index (χ1) is 8.19. The minimum Gasteiger partial charge on any atom is -0.468 e. The van der Waals surface area contributed by atoms with E-state index in [1.807, 2.05) is 11.8 Å². The third-order valence-electron chi connectivity index (χ3n) is 3.05. The number of hydrogen-bond donors (Lipinski definition) is 1. The van der Waals surface area contributed by atoms with Crippen molar-refractivity contribution in [2.24, 2.45) is 0 Å². The van der Waals surface area contributed by atoms with Crippen LogP contribution >= 0.6 is 0 Å². The Bertz CT molecular complexity index is 235. The lowest BCUT2D eigenvalue weighted by atomic mass is 10.0. The van der Waals surface area contributed by atoms with Crippen molar-refractivity contribution in [1.82, 2.24) is 4.90 Å². The summed E-state index contributed by atoms with van der Waals surface area (Å²) in [5, 5.41) is 9.79. The first-order valence-corrected chi connectivity index (χ1v) is 6.26.